The Bertz CT molecular complexity index is 724. The molecule has 0 unspecified atom stereocenters. The molecule has 5 nitrogen and oxygen atoms in total. The number of amides is 2. The van der Waals surface area contributed by atoms with Crippen LogP contribution in [-0.4, -0.2) is 18.6 Å². The van der Waals surface area contributed by atoms with Crippen LogP contribution in [0.15, 0.2) is 48.5 Å². The van der Waals surface area contributed by atoms with Gasteiger partial charge in [0.15, 0.2) is 0 Å². The number of benzene rings is 2. The third-order valence-corrected chi connectivity index (χ3v) is 3.54. The second kappa shape index (κ2) is 8.87. The highest BCUT2D eigenvalue weighted by Gasteiger charge is 2.08. The number of anilines is 2. The molecule has 5 heteroatoms. The Kier molecular flexibility index (Phi) is 6.57. The Labute approximate surface area is 148 Å². The molecule has 0 atom stereocenters. The quantitative estimate of drug-likeness (QED) is 0.800. The standard InChI is InChI=1S/C20H24N2O3/c1-4-15-8-10-16(11-9-15)19(23)21-17-6-5-7-18(12-17)22-20(24)25-13-14(2)3/h5-12,14H,4,13H2,1-3H3,(H,21,23)(H,22,24). The lowest BCUT2D eigenvalue weighted by Gasteiger charge is -2.10. The zero-order valence-corrected chi connectivity index (χ0v) is 14.8. The fourth-order valence-corrected chi connectivity index (χ4v) is 2.17. The molecule has 0 fully saturated rings. The van der Waals surface area contributed by atoms with E-state index in [-0.39, 0.29) is 11.8 Å². The number of hydrogen-bond acceptors (Lipinski definition) is 3. The van der Waals surface area contributed by atoms with Crippen LogP contribution in [0.25, 0.3) is 0 Å². The molecule has 132 valence electrons. The van der Waals surface area contributed by atoms with E-state index in [4.69, 9.17) is 4.74 Å². The summed E-state index contributed by atoms with van der Waals surface area (Å²) in [6.07, 6.45) is 0.426. The van der Waals surface area contributed by atoms with Crippen molar-refractivity contribution in [3.05, 3.63) is 59.7 Å². The lowest BCUT2D eigenvalue weighted by atomic mass is 10.1. The van der Waals surface area contributed by atoms with Gasteiger partial charge in [-0.05, 0) is 48.2 Å². The van der Waals surface area contributed by atoms with Crippen molar-refractivity contribution in [3.63, 3.8) is 0 Å². The second-order valence-electron chi connectivity index (χ2n) is 6.20. The van der Waals surface area contributed by atoms with Gasteiger partial charge >= 0.3 is 6.09 Å². The molecule has 0 radical (unpaired) electrons. The van der Waals surface area contributed by atoms with Crippen molar-refractivity contribution in [2.24, 2.45) is 5.92 Å². The number of aryl methyl sites for hydroxylation is 1. The predicted molar refractivity (Wildman–Crippen MR) is 100 cm³/mol. The number of nitrogens with one attached hydrogen (secondary N) is 2. The van der Waals surface area contributed by atoms with Gasteiger partial charge in [-0.3, -0.25) is 10.1 Å². The Morgan fingerprint density at radius 2 is 1.64 bits per heavy atom. The fraction of sp³-hybridized carbons (Fsp3) is 0.300. The van der Waals surface area contributed by atoms with Crippen molar-refractivity contribution < 1.29 is 14.3 Å². The number of carbonyl (C=O) groups is 2. The summed E-state index contributed by atoms with van der Waals surface area (Å²) in [5.74, 6) is 0.0812. The lowest BCUT2D eigenvalue weighted by Crippen LogP contribution is -2.17. The first-order valence-electron chi connectivity index (χ1n) is 8.42. The normalized spacial score (nSPS) is 10.4. The van der Waals surface area contributed by atoms with E-state index in [2.05, 4.69) is 17.6 Å². The van der Waals surface area contributed by atoms with Crippen molar-refractivity contribution in [1.82, 2.24) is 0 Å². The minimum atomic E-state index is -0.507. The van der Waals surface area contributed by atoms with Crippen LogP contribution in [0.3, 0.4) is 0 Å². The van der Waals surface area contributed by atoms with Gasteiger partial charge in [0.2, 0.25) is 0 Å². The summed E-state index contributed by atoms with van der Waals surface area (Å²) in [6, 6.07) is 14.4. The molecule has 0 aromatic heterocycles. The highest BCUT2D eigenvalue weighted by molar-refractivity contribution is 6.04. The highest BCUT2D eigenvalue weighted by Crippen LogP contribution is 2.17. The summed E-state index contributed by atoms with van der Waals surface area (Å²) in [5.41, 5.74) is 2.94. The monoisotopic (exact) mass is 340 g/mol. The van der Waals surface area contributed by atoms with Gasteiger partial charge in [-0.25, -0.2) is 4.79 Å². The molecular formula is C20H24N2O3. The van der Waals surface area contributed by atoms with E-state index in [1.165, 1.54) is 5.56 Å². The van der Waals surface area contributed by atoms with Crippen LogP contribution in [0.4, 0.5) is 16.2 Å². The molecule has 2 rings (SSSR count). The first-order valence-corrected chi connectivity index (χ1v) is 8.42. The van der Waals surface area contributed by atoms with Crippen molar-refractivity contribution >= 4 is 23.4 Å². The minimum absolute atomic E-state index is 0.192. The molecule has 0 aliphatic rings. The van der Waals surface area contributed by atoms with Crippen LogP contribution in [0, 0.1) is 5.92 Å². The van der Waals surface area contributed by atoms with Gasteiger partial charge in [0.1, 0.15) is 0 Å². The van der Waals surface area contributed by atoms with E-state index < -0.39 is 6.09 Å². The summed E-state index contributed by atoms with van der Waals surface area (Å²) in [4.78, 5) is 24.0. The molecule has 0 saturated heterocycles. The largest absolute Gasteiger partial charge is 0.449 e. The van der Waals surface area contributed by atoms with Crippen LogP contribution in [-0.2, 0) is 11.2 Å². The molecule has 2 N–H and O–H groups in total. The fourth-order valence-electron chi connectivity index (χ4n) is 2.17. The average molecular weight is 340 g/mol. The Balaban J connectivity index is 1.98. The topological polar surface area (TPSA) is 67.4 Å². The van der Waals surface area contributed by atoms with E-state index in [1.807, 2.05) is 26.0 Å². The molecule has 0 aliphatic carbocycles. The van der Waals surface area contributed by atoms with Crippen molar-refractivity contribution in [2.75, 3.05) is 17.2 Å². The summed E-state index contributed by atoms with van der Waals surface area (Å²) >= 11 is 0. The average Bonchev–Trinajstić information content (AvgIpc) is 2.60. The summed E-state index contributed by atoms with van der Waals surface area (Å²) in [6.45, 7) is 6.36. The summed E-state index contributed by atoms with van der Waals surface area (Å²) in [5, 5.41) is 5.48. The SMILES string of the molecule is CCc1ccc(C(=O)Nc2cccc(NC(=O)OCC(C)C)c2)cc1. The number of rotatable bonds is 6. The maximum Gasteiger partial charge on any atom is 0.411 e. The zero-order chi connectivity index (χ0) is 18.2. The molecule has 0 spiro atoms. The van der Waals surface area contributed by atoms with Gasteiger partial charge in [0.05, 0.1) is 6.61 Å². The maximum atomic E-state index is 12.3. The molecular weight excluding hydrogens is 316 g/mol. The van der Waals surface area contributed by atoms with Gasteiger partial charge < -0.3 is 10.1 Å². The summed E-state index contributed by atoms with van der Waals surface area (Å²) in [7, 11) is 0. The van der Waals surface area contributed by atoms with E-state index in [1.54, 1.807) is 36.4 Å². The van der Waals surface area contributed by atoms with Gasteiger partial charge in [-0.15, -0.1) is 0 Å². The van der Waals surface area contributed by atoms with Crippen molar-refractivity contribution in [2.45, 2.75) is 27.2 Å². The van der Waals surface area contributed by atoms with E-state index in [0.29, 0.717) is 23.5 Å². The third kappa shape index (κ3) is 5.95. The molecule has 2 aromatic rings. The van der Waals surface area contributed by atoms with Crippen LogP contribution in [0.1, 0.15) is 36.7 Å². The molecule has 0 heterocycles. The Morgan fingerprint density at radius 1 is 1.00 bits per heavy atom. The van der Waals surface area contributed by atoms with Gasteiger partial charge in [-0.1, -0.05) is 39.0 Å². The third-order valence-electron chi connectivity index (χ3n) is 3.54. The Morgan fingerprint density at radius 3 is 2.24 bits per heavy atom. The number of carbonyl (C=O) groups excluding carboxylic acids is 2. The first-order chi connectivity index (χ1) is 12.0. The van der Waals surface area contributed by atoms with Gasteiger partial charge in [0.25, 0.3) is 5.91 Å². The van der Waals surface area contributed by atoms with Crippen LogP contribution in [0.2, 0.25) is 0 Å². The number of hydrogen-bond donors (Lipinski definition) is 2. The van der Waals surface area contributed by atoms with E-state index in [9.17, 15) is 9.59 Å². The minimum Gasteiger partial charge on any atom is -0.449 e. The maximum absolute atomic E-state index is 12.3. The molecule has 0 bridgehead atoms. The molecule has 0 saturated carbocycles. The van der Waals surface area contributed by atoms with E-state index in [0.717, 1.165) is 6.42 Å². The predicted octanol–water partition coefficient (Wildman–Crippen LogP) is 4.71. The van der Waals surface area contributed by atoms with E-state index >= 15 is 0 Å². The molecule has 0 aliphatic heterocycles. The molecule has 25 heavy (non-hydrogen) atoms. The van der Waals surface area contributed by atoms with Crippen molar-refractivity contribution in [3.8, 4) is 0 Å². The lowest BCUT2D eigenvalue weighted by molar-refractivity contribution is 0.102. The van der Waals surface area contributed by atoms with Gasteiger partial charge in [-0.2, -0.15) is 0 Å². The highest BCUT2D eigenvalue weighted by atomic mass is 16.5. The first kappa shape index (κ1) is 18.5. The van der Waals surface area contributed by atoms with Gasteiger partial charge in [0, 0.05) is 16.9 Å². The number of ether oxygens (including phenoxy) is 1. The smallest absolute Gasteiger partial charge is 0.411 e. The van der Waals surface area contributed by atoms with Crippen LogP contribution >= 0.6 is 0 Å². The molecule has 2 aromatic carbocycles. The second-order valence-corrected chi connectivity index (χ2v) is 6.20. The van der Waals surface area contributed by atoms with Crippen LogP contribution in [0.5, 0.6) is 0 Å². The molecule has 2 amide bonds. The van der Waals surface area contributed by atoms with Crippen molar-refractivity contribution in [1.29, 1.82) is 0 Å². The Hall–Kier alpha value is -2.82. The zero-order valence-electron chi connectivity index (χ0n) is 14.8. The summed E-state index contributed by atoms with van der Waals surface area (Å²) < 4.78 is 5.08. The van der Waals surface area contributed by atoms with Crippen LogP contribution < -0.4 is 10.6 Å².